The fraction of sp³-hybridized carbons (Fsp3) is 0.909. The largest absolute Gasteiger partial charge is 0.464 e. The summed E-state index contributed by atoms with van der Waals surface area (Å²) in [5.74, 6) is -0.130. The zero-order chi connectivity index (χ0) is 11.0. The minimum Gasteiger partial charge on any atom is -0.464 e. The van der Waals surface area contributed by atoms with Gasteiger partial charge in [0.1, 0.15) is 6.61 Å². The highest BCUT2D eigenvalue weighted by Gasteiger charge is 2.22. The number of ether oxygens (including phenoxy) is 1. The molecule has 0 bridgehead atoms. The van der Waals surface area contributed by atoms with Crippen molar-refractivity contribution in [1.29, 1.82) is 0 Å². The third kappa shape index (κ3) is 6.89. The van der Waals surface area contributed by atoms with Crippen molar-refractivity contribution in [2.45, 2.75) is 40.5 Å². The van der Waals surface area contributed by atoms with Crippen LogP contribution in [0.15, 0.2) is 0 Å². The Kier molecular flexibility index (Phi) is 6.54. The van der Waals surface area contributed by atoms with E-state index in [4.69, 9.17) is 4.74 Å². The number of carbonyl (C=O) groups is 1. The van der Waals surface area contributed by atoms with Crippen molar-refractivity contribution in [3.05, 3.63) is 0 Å². The first kappa shape index (κ1) is 13.4. The molecule has 0 atom stereocenters. The Bertz CT molecular complexity index is 161. The molecule has 0 aromatic carbocycles. The lowest BCUT2D eigenvalue weighted by Crippen LogP contribution is -2.27. The fourth-order valence-electron chi connectivity index (χ4n) is 0.859. The Balaban J connectivity index is 3.33. The number of rotatable bonds is 6. The summed E-state index contributed by atoms with van der Waals surface area (Å²) in [6.45, 7) is 9.96. The van der Waals surface area contributed by atoms with Gasteiger partial charge in [0.05, 0.1) is 5.41 Å². The van der Waals surface area contributed by atoms with E-state index in [1.807, 2.05) is 20.8 Å². The van der Waals surface area contributed by atoms with E-state index in [1.54, 1.807) is 0 Å². The lowest BCUT2D eigenvalue weighted by Gasteiger charge is -2.16. The first-order chi connectivity index (χ1) is 6.48. The van der Waals surface area contributed by atoms with Gasteiger partial charge in [0.15, 0.2) is 0 Å². The van der Waals surface area contributed by atoms with Gasteiger partial charge in [-0.15, -0.1) is 0 Å². The molecule has 0 heterocycles. The monoisotopic (exact) mass is 201 g/mol. The van der Waals surface area contributed by atoms with Crippen LogP contribution in [0, 0.1) is 5.41 Å². The fourth-order valence-corrected chi connectivity index (χ4v) is 0.859. The van der Waals surface area contributed by atoms with Crippen molar-refractivity contribution in [3.63, 3.8) is 0 Å². The smallest absolute Gasteiger partial charge is 0.311 e. The summed E-state index contributed by atoms with van der Waals surface area (Å²) in [5, 5.41) is 3.22. The molecule has 0 aliphatic carbocycles. The first-order valence-electron chi connectivity index (χ1n) is 5.36. The van der Waals surface area contributed by atoms with E-state index in [0.717, 1.165) is 13.1 Å². The predicted octanol–water partition coefficient (Wildman–Crippen LogP) is 1.97. The molecule has 84 valence electrons. The summed E-state index contributed by atoms with van der Waals surface area (Å²) in [6, 6.07) is 0. The maximum absolute atomic E-state index is 11.3. The molecule has 0 aromatic heterocycles. The highest BCUT2D eigenvalue weighted by Crippen LogP contribution is 2.14. The molecular weight excluding hydrogens is 178 g/mol. The number of esters is 1. The van der Waals surface area contributed by atoms with Crippen molar-refractivity contribution in [2.24, 2.45) is 5.41 Å². The van der Waals surface area contributed by atoms with Crippen molar-refractivity contribution >= 4 is 5.97 Å². The van der Waals surface area contributed by atoms with Crippen LogP contribution in [-0.4, -0.2) is 25.7 Å². The van der Waals surface area contributed by atoms with E-state index in [2.05, 4.69) is 12.2 Å². The van der Waals surface area contributed by atoms with Gasteiger partial charge in [-0.3, -0.25) is 4.79 Å². The molecule has 0 saturated carbocycles. The standard InChI is InChI=1S/C11H23NO2/c1-5-6-7-12-8-9-14-10(13)11(2,3)4/h12H,5-9H2,1-4H3. The number of hydrogen-bond acceptors (Lipinski definition) is 3. The highest BCUT2D eigenvalue weighted by atomic mass is 16.5. The number of carbonyl (C=O) groups excluding carboxylic acids is 1. The Hall–Kier alpha value is -0.570. The van der Waals surface area contributed by atoms with Gasteiger partial charge in [-0.1, -0.05) is 13.3 Å². The number of hydrogen-bond donors (Lipinski definition) is 1. The predicted molar refractivity (Wildman–Crippen MR) is 58.2 cm³/mol. The Morgan fingerprint density at radius 3 is 2.43 bits per heavy atom. The van der Waals surface area contributed by atoms with E-state index < -0.39 is 0 Å². The molecular formula is C11H23NO2. The van der Waals surface area contributed by atoms with Crippen LogP contribution in [0.1, 0.15) is 40.5 Å². The lowest BCUT2D eigenvalue weighted by molar-refractivity contribution is -0.152. The molecule has 0 aliphatic rings. The third-order valence-electron chi connectivity index (χ3n) is 1.83. The molecule has 0 spiro atoms. The van der Waals surface area contributed by atoms with Gasteiger partial charge in [-0.25, -0.2) is 0 Å². The van der Waals surface area contributed by atoms with Gasteiger partial charge >= 0.3 is 5.97 Å². The summed E-state index contributed by atoms with van der Waals surface area (Å²) in [6.07, 6.45) is 2.36. The molecule has 0 aliphatic heterocycles. The molecule has 0 aromatic rings. The summed E-state index contributed by atoms with van der Waals surface area (Å²) in [5.41, 5.74) is -0.385. The van der Waals surface area contributed by atoms with Crippen LogP contribution >= 0.6 is 0 Å². The van der Waals surface area contributed by atoms with Crippen LogP contribution in [0.2, 0.25) is 0 Å². The quantitative estimate of drug-likeness (QED) is 0.527. The van der Waals surface area contributed by atoms with Gasteiger partial charge < -0.3 is 10.1 Å². The Morgan fingerprint density at radius 1 is 1.29 bits per heavy atom. The second-order valence-electron chi connectivity index (χ2n) is 4.49. The van der Waals surface area contributed by atoms with Crippen LogP contribution in [0.5, 0.6) is 0 Å². The zero-order valence-corrected chi connectivity index (χ0v) is 9.85. The molecule has 3 nitrogen and oxygen atoms in total. The molecule has 1 N–H and O–H groups in total. The van der Waals surface area contributed by atoms with Crippen LogP contribution < -0.4 is 5.32 Å². The molecule has 14 heavy (non-hydrogen) atoms. The van der Waals surface area contributed by atoms with Crippen LogP contribution in [-0.2, 0) is 9.53 Å². The van der Waals surface area contributed by atoms with E-state index in [9.17, 15) is 4.79 Å². The van der Waals surface area contributed by atoms with Crippen molar-refractivity contribution < 1.29 is 9.53 Å². The SMILES string of the molecule is CCCCNCCOC(=O)C(C)(C)C. The lowest BCUT2D eigenvalue weighted by atomic mass is 9.97. The highest BCUT2D eigenvalue weighted by molar-refractivity contribution is 5.75. The molecule has 0 fully saturated rings. The first-order valence-corrected chi connectivity index (χ1v) is 5.36. The summed E-state index contributed by atoms with van der Waals surface area (Å²) in [7, 11) is 0. The van der Waals surface area contributed by atoms with Crippen molar-refractivity contribution in [3.8, 4) is 0 Å². The normalized spacial score (nSPS) is 11.4. The zero-order valence-electron chi connectivity index (χ0n) is 9.85. The molecule has 3 heteroatoms. The van der Waals surface area contributed by atoms with E-state index in [0.29, 0.717) is 6.61 Å². The molecule has 0 radical (unpaired) electrons. The third-order valence-corrected chi connectivity index (χ3v) is 1.83. The van der Waals surface area contributed by atoms with Crippen LogP contribution in [0.3, 0.4) is 0 Å². The second kappa shape index (κ2) is 6.82. The van der Waals surface area contributed by atoms with Gasteiger partial charge in [-0.2, -0.15) is 0 Å². The average Bonchev–Trinajstić information content (AvgIpc) is 2.09. The van der Waals surface area contributed by atoms with Crippen molar-refractivity contribution in [1.82, 2.24) is 5.32 Å². The van der Waals surface area contributed by atoms with Crippen LogP contribution in [0.25, 0.3) is 0 Å². The topological polar surface area (TPSA) is 38.3 Å². The average molecular weight is 201 g/mol. The second-order valence-corrected chi connectivity index (χ2v) is 4.49. The van der Waals surface area contributed by atoms with Gasteiger partial charge in [0.25, 0.3) is 0 Å². The number of nitrogens with one attached hydrogen (secondary N) is 1. The van der Waals surface area contributed by atoms with Gasteiger partial charge in [0, 0.05) is 6.54 Å². The maximum Gasteiger partial charge on any atom is 0.311 e. The van der Waals surface area contributed by atoms with Crippen LogP contribution in [0.4, 0.5) is 0 Å². The van der Waals surface area contributed by atoms with Gasteiger partial charge in [0.2, 0.25) is 0 Å². The Morgan fingerprint density at radius 2 is 1.93 bits per heavy atom. The maximum atomic E-state index is 11.3. The summed E-state index contributed by atoms with van der Waals surface area (Å²) < 4.78 is 5.09. The minimum absolute atomic E-state index is 0.130. The van der Waals surface area contributed by atoms with E-state index in [1.165, 1.54) is 12.8 Å². The molecule has 0 unspecified atom stereocenters. The molecule has 0 rings (SSSR count). The van der Waals surface area contributed by atoms with E-state index >= 15 is 0 Å². The van der Waals surface area contributed by atoms with Gasteiger partial charge in [-0.05, 0) is 33.7 Å². The molecule has 0 saturated heterocycles. The number of unbranched alkanes of at least 4 members (excludes halogenated alkanes) is 1. The minimum atomic E-state index is -0.385. The van der Waals surface area contributed by atoms with Crippen molar-refractivity contribution in [2.75, 3.05) is 19.7 Å². The molecule has 0 amide bonds. The summed E-state index contributed by atoms with van der Waals surface area (Å²) in [4.78, 5) is 11.3. The van der Waals surface area contributed by atoms with E-state index in [-0.39, 0.29) is 11.4 Å². The summed E-state index contributed by atoms with van der Waals surface area (Å²) >= 11 is 0. The Labute approximate surface area is 87.2 Å².